The van der Waals surface area contributed by atoms with Crippen molar-refractivity contribution in [3.05, 3.63) is 0 Å². The van der Waals surface area contributed by atoms with Gasteiger partial charge in [0, 0.05) is 5.75 Å². The number of carboxylic acid groups (broad SMARTS) is 4. The number of hydrogen-bond donors (Lipinski definition) is 9. The van der Waals surface area contributed by atoms with Gasteiger partial charge < -0.3 is 43.4 Å². The van der Waals surface area contributed by atoms with Crippen LogP contribution in [0, 0.1) is 0 Å². The van der Waals surface area contributed by atoms with Crippen LogP contribution in [-0.2, 0) is 19.2 Å². The normalized spacial score (nSPS) is 10.9. The van der Waals surface area contributed by atoms with Crippen LogP contribution in [0.2, 0.25) is 0 Å². The molecule has 0 rings (SSSR count). The van der Waals surface area contributed by atoms with E-state index in [0.29, 0.717) is 0 Å². The van der Waals surface area contributed by atoms with Crippen LogP contribution >= 0.6 is 12.6 Å². The van der Waals surface area contributed by atoms with Crippen LogP contribution in [0.4, 0.5) is 0 Å². The number of carboxylic acids is 4. The number of thiol groups is 1. The summed E-state index contributed by atoms with van der Waals surface area (Å²) in [7, 11) is 0. The molecule has 0 aliphatic heterocycles. The molecule has 0 unspecified atom stereocenters. The van der Waals surface area contributed by atoms with Gasteiger partial charge in [-0.25, -0.2) is 0 Å². The monoisotopic (exact) mass is 360 g/mol. The van der Waals surface area contributed by atoms with Gasteiger partial charge in [0.15, 0.2) is 0 Å². The molecule has 0 fully saturated rings. The highest BCUT2D eigenvalue weighted by Crippen LogP contribution is 1.80. The molecular formula is C10H24N4O8S. The van der Waals surface area contributed by atoms with Gasteiger partial charge in [-0.2, -0.15) is 12.6 Å². The third-order valence-electron chi connectivity index (χ3n) is 1.25. The average Bonchev–Trinajstić information content (AvgIpc) is 2.47. The topological polar surface area (TPSA) is 253 Å². The Bertz CT molecular complexity index is 340. The van der Waals surface area contributed by atoms with Crippen molar-refractivity contribution >= 4 is 36.5 Å². The van der Waals surface area contributed by atoms with E-state index in [2.05, 4.69) is 24.1 Å². The summed E-state index contributed by atoms with van der Waals surface area (Å²) in [6.45, 7) is 0.863. The standard InChI is InChI=1S/C3H7NO2S.C3H7NO2.2C2H5NO2/c4-2(1-7)3(5)6;1-2(4)3(5)6;2*3-1-2(4)5/h2,7H,1,4H2,(H,5,6);2H,4H2,1H3,(H,5,6);2*1,3H2,(H,4,5)/t2*2-;;/m00../s1. The molecule has 12 N–H and O–H groups in total. The number of carbonyl (C=O) groups is 4. The Balaban J connectivity index is -0.000000106. The van der Waals surface area contributed by atoms with Gasteiger partial charge >= 0.3 is 23.9 Å². The van der Waals surface area contributed by atoms with Crippen molar-refractivity contribution < 1.29 is 39.6 Å². The van der Waals surface area contributed by atoms with E-state index in [1.165, 1.54) is 6.92 Å². The van der Waals surface area contributed by atoms with Gasteiger partial charge in [-0.1, -0.05) is 0 Å². The molecule has 0 saturated heterocycles. The van der Waals surface area contributed by atoms with Crippen molar-refractivity contribution in [1.29, 1.82) is 0 Å². The fourth-order valence-electron chi connectivity index (χ4n) is 0.0781. The van der Waals surface area contributed by atoms with E-state index >= 15 is 0 Å². The predicted octanol–water partition coefficient (Wildman–Crippen LogP) is -3.19. The summed E-state index contributed by atoms with van der Waals surface area (Å²) in [5.41, 5.74) is 18.9. The minimum absolute atomic E-state index is 0.190. The maximum Gasteiger partial charge on any atom is 0.321 e. The molecule has 0 amide bonds. The Morgan fingerprint density at radius 2 is 1.09 bits per heavy atom. The molecule has 13 heteroatoms. The zero-order valence-corrected chi connectivity index (χ0v) is 13.3. The molecule has 2 atom stereocenters. The molecule has 0 aromatic heterocycles. The Hall–Kier alpha value is -1.93. The molecule has 0 saturated carbocycles. The lowest BCUT2D eigenvalue weighted by Crippen LogP contribution is -2.31. The fraction of sp³-hybridized carbons (Fsp3) is 0.600. The van der Waals surface area contributed by atoms with E-state index in [-0.39, 0.29) is 18.8 Å². The van der Waals surface area contributed by atoms with E-state index in [4.69, 9.17) is 31.9 Å². The lowest BCUT2D eigenvalue weighted by molar-refractivity contribution is -0.138. The van der Waals surface area contributed by atoms with Crippen molar-refractivity contribution in [2.45, 2.75) is 19.0 Å². The Morgan fingerprint density at radius 3 is 1.09 bits per heavy atom. The van der Waals surface area contributed by atoms with Crippen LogP contribution in [0.1, 0.15) is 6.92 Å². The number of nitrogens with two attached hydrogens (primary N) is 4. The van der Waals surface area contributed by atoms with E-state index in [1.807, 2.05) is 0 Å². The molecule has 12 nitrogen and oxygen atoms in total. The zero-order valence-electron chi connectivity index (χ0n) is 12.5. The van der Waals surface area contributed by atoms with Gasteiger partial charge in [-0.05, 0) is 6.92 Å². The maximum absolute atomic E-state index is 9.76. The summed E-state index contributed by atoms with van der Waals surface area (Å²) >= 11 is 3.65. The predicted molar refractivity (Wildman–Crippen MR) is 84.1 cm³/mol. The Morgan fingerprint density at radius 1 is 0.870 bits per heavy atom. The van der Waals surface area contributed by atoms with Crippen molar-refractivity contribution in [1.82, 2.24) is 0 Å². The van der Waals surface area contributed by atoms with Crippen LogP contribution < -0.4 is 22.9 Å². The van der Waals surface area contributed by atoms with Crippen molar-refractivity contribution in [2.75, 3.05) is 18.8 Å². The van der Waals surface area contributed by atoms with Crippen LogP contribution in [-0.4, -0.2) is 75.2 Å². The average molecular weight is 360 g/mol. The first-order valence-corrected chi connectivity index (χ1v) is 6.41. The van der Waals surface area contributed by atoms with Gasteiger partial charge in [0.25, 0.3) is 0 Å². The number of rotatable bonds is 5. The van der Waals surface area contributed by atoms with Crippen molar-refractivity contribution in [2.24, 2.45) is 22.9 Å². The van der Waals surface area contributed by atoms with E-state index in [0.717, 1.165) is 0 Å². The summed E-state index contributed by atoms with van der Waals surface area (Å²) < 4.78 is 0. The first-order chi connectivity index (χ1) is 10.4. The summed E-state index contributed by atoms with van der Waals surface area (Å²) in [6.07, 6.45) is 0. The van der Waals surface area contributed by atoms with E-state index < -0.39 is 36.0 Å². The van der Waals surface area contributed by atoms with E-state index in [9.17, 15) is 19.2 Å². The molecular weight excluding hydrogens is 336 g/mol. The summed E-state index contributed by atoms with van der Waals surface area (Å²) in [5, 5.41) is 31.1. The van der Waals surface area contributed by atoms with Gasteiger partial charge in [0.05, 0.1) is 13.1 Å². The summed E-state index contributed by atoms with van der Waals surface area (Å²) in [6, 6.07) is -1.55. The van der Waals surface area contributed by atoms with Gasteiger partial charge in [0.2, 0.25) is 0 Å². The molecule has 0 heterocycles. The third kappa shape index (κ3) is 45.0. The highest BCUT2D eigenvalue weighted by atomic mass is 32.1. The minimum atomic E-state index is -1.00. The molecule has 0 spiro atoms. The molecule has 0 aromatic rings. The molecule has 23 heavy (non-hydrogen) atoms. The smallest absolute Gasteiger partial charge is 0.321 e. The van der Waals surface area contributed by atoms with Crippen molar-refractivity contribution in [3.63, 3.8) is 0 Å². The minimum Gasteiger partial charge on any atom is -0.480 e. The fourth-order valence-corrected chi connectivity index (χ4v) is 0.234. The van der Waals surface area contributed by atoms with Crippen LogP contribution in [0.25, 0.3) is 0 Å². The van der Waals surface area contributed by atoms with E-state index in [1.54, 1.807) is 0 Å². The Labute approximate surface area is 137 Å². The van der Waals surface area contributed by atoms with Crippen LogP contribution in [0.15, 0.2) is 0 Å². The highest BCUT2D eigenvalue weighted by Gasteiger charge is 2.06. The molecule has 0 bridgehead atoms. The molecule has 0 aliphatic carbocycles. The van der Waals surface area contributed by atoms with Gasteiger partial charge in [-0.3, -0.25) is 19.2 Å². The van der Waals surface area contributed by atoms with Gasteiger partial charge in [0.1, 0.15) is 12.1 Å². The third-order valence-corrected chi connectivity index (χ3v) is 1.65. The maximum atomic E-state index is 9.76. The summed E-state index contributed by atoms with van der Waals surface area (Å²) in [5.74, 6) is -3.71. The Kier molecular flexibility index (Phi) is 25.4. The number of hydrogen-bond acceptors (Lipinski definition) is 9. The molecule has 0 radical (unpaired) electrons. The molecule has 138 valence electrons. The second-order valence-electron chi connectivity index (χ2n) is 3.45. The zero-order chi connectivity index (χ0) is 19.6. The second-order valence-corrected chi connectivity index (χ2v) is 3.82. The number of aliphatic carboxylic acids is 4. The first-order valence-electron chi connectivity index (χ1n) is 5.78. The lowest BCUT2D eigenvalue weighted by Gasteiger charge is -1.96. The highest BCUT2D eigenvalue weighted by molar-refractivity contribution is 7.80. The quantitative estimate of drug-likeness (QED) is 0.220. The largest absolute Gasteiger partial charge is 0.480 e. The first kappa shape index (κ1) is 29.1. The van der Waals surface area contributed by atoms with Crippen molar-refractivity contribution in [3.8, 4) is 0 Å². The van der Waals surface area contributed by atoms with Crippen LogP contribution in [0.3, 0.4) is 0 Å². The second kappa shape index (κ2) is 20.1. The van der Waals surface area contributed by atoms with Crippen LogP contribution in [0.5, 0.6) is 0 Å². The SMILES string of the molecule is C[C@H](N)C(=O)O.NCC(=O)O.NCC(=O)O.N[C@@H](CS)C(=O)O. The molecule has 0 aliphatic rings. The lowest BCUT2D eigenvalue weighted by atomic mass is 10.4. The molecule has 0 aromatic carbocycles. The van der Waals surface area contributed by atoms with Gasteiger partial charge in [-0.15, -0.1) is 0 Å². The summed E-state index contributed by atoms with van der Waals surface area (Å²) in [4.78, 5) is 37.8.